The van der Waals surface area contributed by atoms with Gasteiger partial charge in [0.15, 0.2) is 0 Å². The average Bonchev–Trinajstić information content (AvgIpc) is 2.61. The minimum Gasteiger partial charge on any atom is -0.481 e. The first-order chi connectivity index (χ1) is 6.48. The topological polar surface area (TPSA) is 74.6 Å². The molecule has 2 fully saturated rings. The lowest BCUT2D eigenvalue weighted by molar-refractivity contribution is -0.165. The van der Waals surface area contributed by atoms with Crippen LogP contribution in [-0.4, -0.2) is 22.2 Å². The average molecular weight is 198 g/mol. The van der Waals surface area contributed by atoms with Crippen LogP contribution in [0.4, 0.5) is 0 Å². The molecule has 78 valence electrons. The zero-order valence-corrected chi connectivity index (χ0v) is 8.06. The molecule has 0 heterocycles. The van der Waals surface area contributed by atoms with Gasteiger partial charge in [-0.15, -0.1) is 0 Å². The lowest BCUT2D eigenvalue weighted by atomic mass is 9.67. The predicted octanol–water partition coefficient (Wildman–Crippen LogP) is 1.21. The number of hydrogen-bond acceptors (Lipinski definition) is 2. The van der Waals surface area contributed by atoms with E-state index in [-0.39, 0.29) is 11.8 Å². The van der Waals surface area contributed by atoms with Crippen LogP contribution in [0.1, 0.15) is 26.2 Å². The molecule has 2 rings (SSSR count). The Bertz CT molecular complexity index is 298. The molecule has 14 heavy (non-hydrogen) atoms. The van der Waals surface area contributed by atoms with Crippen LogP contribution in [0.15, 0.2) is 0 Å². The summed E-state index contributed by atoms with van der Waals surface area (Å²) in [6.45, 7) is 1.60. The molecule has 0 radical (unpaired) electrons. The number of hydrogen-bond donors (Lipinski definition) is 2. The summed E-state index contributed by atoms with van der Waals surface area (Å²) in [5.74, 6) is -2.43. The van der Waals surface area contributed by atoms with Gasteiger partial charge in [0.25, 0.3) is 0 Å². The van der Waals surface area contributed by atoms with Crippen LogP contribution in [0.5, 0.6) is 0 Å². The first kappa shape index (κ1) is 9.49. The van der Waals surface area contributed by atoms with Crippen molar-refractivity contribution < 1.29 is 19.8 Å². The summed E-state index contributed by atoms with van der Waals surface area (Å²) in [6, 6.07) is 0. The van der Waals surface area contributed by atoms with Gasteiger partial charge in [-0.3, -0.25) is 9.59 Å². The maximum Gasteiger partial charge on any atom is 0.310 e. The molecule has 4 nitrogen and oxygen atoms in total. The number of carboxylic acid groups (broad SMARTS) is 2. The highest BCUT2D eigenvalue weighted by Crippen LogP contribution is 2.59. The van der Waals surface area contributed by atoms with Crippen molar-refractivity contribution in [1.82, 2.24) is 0 Å². The van der Waals surface area contributed by atoms with Gasteiger partial charge in [0.1, 0.15) is 0 Å². The molecule has 2 saturated carbocycles. The van der Waals surface area contributed by atoms with Crippen molar-refractivity contribution in [2.24, 2.45) is 23.2 Å². The molecule has 2 N–H and O–H groups in total. The number of carboxylic acids is 2. The number of carbonyl (C=O) groups is 2. The van der Waals surface area contributed by atoms with Crippen LogP contribution in [0.25, 0.3) is 0 Å². The summed E-state index contributed by atoms with van der Waals surface area (Å²) < 4.78 is 0. The van der Waals surface area contributed by atoms with Gasteiger partial charge in [0.05, 0.1) is 11.3 Å². The SMILES string of the molecule is C[C@@]1(C(=O)O)[C@H]2CC[C@H](C2)[C@@H]1C(=O)O. The first-order valence-electron chi connectivity index (χ1n) is 4.94. The third-order valence-electron chi connectivity index (χ3n) is 4.17. The van der Waals surface area contributed by atoms with Gasteiger partial charge in [-0.25, -0.2) is 0 Å². The largest absolute Gasteiger partial charge is 0.481 e. The van der Waals surface area contributed by atoms with Gasteiger partial charge in [0, 0.05) is 0 Å². The summed E-state index contributed by atoms with van der Waals surface area (Å²) in [5.41, 5.74) is -1.03. The zero-order chi connectivity index (χ0) is 10.5. The molecule has 0 saturated heterocycles. The molecule has 4 heteroatoms. The van der Waals surface area contributed by atoms with Gasteiger partial charge < -0.3 is 10.2 Å². The first-order valence-corrected chi connectivity index (χ1v) is 4.94. The highest BCUT2D eigenvalue weighted by atomic mass is 16.4. The van der Waals surface area contributed by atoms with Crippen LogP contribution < -0.4 is 0 Å². The Morgan fingerprint density at radius 3 is 2.36 bits per heavy atom. The molecule has 0 spiro atoms. The third-order valence-corrected chi connectivity index (χ3v) is 4.17. The van der Waals surface area contributed by atoms with Crippen molar-refractivity contribution in [3.05, 3.63) is 0 Å². The van der Waals surface area contributed by atoms with Crippen LogP contribution in [0.2, 0.25) is 0 Å². The van der Waals surface area contributed by atoms with Gasteiger partial charge in [-0.1, -0.05) is 0 Å². The molecule has 0 aromatic carbocycles. The summed E-state index contributed by atoms with van der Waals surface area (Å²) >= 11 is 0. The summed E-state index contributed by atoms with van der Waals surface area (Å²) in [6.07, 6.45) is 2.53. The van der Waals surface area contributed by atoms with Gasteiger partial charge in [0.2, 0.25) is 0 Å². The van der Waals surface area contributed by atoms with Crippen LogP contribution in [-0.2, 0) is 9.59 Å². The zero-order valence-electron chi connectivity index (χ0n) is 8.06. The quantitative estimate of drug-likeness (QED) is 0.699. The minimum absolute atomic E-state index is 0.0612. The van der Waals surface area contributed by atoms with Crippen molar-refractivity contribution in [2.75, 3.05) is 0 Å². The standard InChI is InChI=1S/C10H14O4/c1-10(9(13)14)6-3-2-5(4-6)7(10)8(11)12/h5-7H,2-4H2,1H3,(H,11,12)(H,13,14)/t5-,6+,7-,10-/m1/s1. The van der Waals surface area contributed by atoms with Crippen LogP contribution >= 0.6 is 0 Å². The van der Waals surface area contributed by atoms with Crippen molar-refractivity contribution in [1.29, 1.82) is 0 Å². The molecule has 0 aromatic rings. The normalized spacial score (nSPS) is 45.4. The van der Waals surface area contributed by atoms with E-state index in [1.165, 1.54) is 0 Å². The fourth-order valence-electron chi connectivity index (χ4n) is 3.37. The smallest absolute Gasteiger partial charge is 0.310 e. The Labute approximate surface area is 81.9 Å². The second-order valence-electron chi connectivity index (χ2n) is 4.67. The molecule has 0 unspecified atom stereocenters. The number of fused-ring (bicyclic) bond motifs is 2. The second kappa shape index (κ2) is 2.72. The Kier molecular flexibility index (Phi) is 1.84. The highest BCUT2D eigenvalue weighted by molar-refractivity contribution is 5.84. The summed E-state index contributed by atoms with van der Waals surface area (Å²) in [4.78, 5) is 22.2. The third kappa shape index (κ3) is 0.938. The van der Waals surface area contributed by atoms with E-state index in [0.29, 0.717) is 0 Å². The Hall–Kier alpha value is -1.06. The van der Waals surface area contributed by atoms with E-state index in [2.05, 4.69) is 0 Å². The maximum absolute atomic E-state index is 11.2. The Balaban J connectivity index is 2.39. The molecule has 2 aliphatic carbocycles. The van der Waals surface area contributed by atoms with Gasteiger partial charge in [-0.05, 0) is 38.0 Å². The van der Waals surface area contributed by atoms with E-state index in [1.807, 2.05) is 0 Å². The van der Waals surface area contributed by atoms with Gasteiger partial charge >= 0.3 is 11.9 Å². The molecule has 4 atom stereocenters. The Morgan fingerprint density at radius 2 is 1.93 bits per heavy atom. The predicted molar refractivity (Wildman–Crippen MR) is 47.7 cm³/mol. The van der Waals surface area contributed by atoms with Crippen molar-refractivity contribution in [3.8, 4) is 0 Å². The highest BCUT2D eigenvalue weighted by Gasteiger charge is 2.62. The maximum atomic E-state index is 11.2. The molecule has 0 aromatic heterocycles. The van der Waals surface area contributed by atoms with Crippen molar-refractivity contribution in [2.45, 2.75) is 26.2 Å². The van der Waals surface area contributed by atoms with E-state index in [4.69, 9.17) is 10.2 Å². The fraction of sp³-hybridized carbons (Fsp3) is 0.800. The van der Waals surface area contributed by atoms with Gasteiger partial charge in [-0.2, -0.15) is 0 Å². The van der Waals surface area contributed by atoms with E-state index >= 15 is 0 Å². The lowest BCUT2D eigenvalue weighted by Crippen LogP contribution is -2.44. The summed E-state index contributed by atoms with van der Waals surface area (Å²) in [5, 5.41) is 18.2. The molecule has 2 aliphatic rings. The Morgan fingerprint density at radius 1 is 1.29 bits per heavy atom. The van der Waals surface area contributed by atoms with Crippen LogP contribution in [0.3, 0.4) is 0 Å². The lowest BCUT2D eigenvalue weighted by Gasteiger charge is -2.34. The van der Waals surface area contributed by atoms with Crippen molar-refractivity contribution >= 4 is 11.9 Å². The monoisotopic (exact) mass is 198 g/mol. The second-order valence-corrected chi connectivity index (χ2v) is 4.67. The van der Waals surface area contributed by atoms with E-state index in [9.17, 15) is 9.59 Å². The van der Waals surface area contributed by atoms with Crippen LogP contribution in [0, 0.1) is 23.2 Å². The summed E-state index contributed by atoms with van der Waals surface area (Å²) in [7, 11) is 0. The van der Waals surface area contributed by atoms with E-state index < -0.39 is 23.3 Å². The molecule has 0 amide bonds. The van der Waals surface area contributed by atoms with Crippen molar-refractivity contribution in [3.63, 3.8) is 0 Å². The molecular formula is C10H14O4. The minimum atomic E-state index is -1.03. The number of aliphatic carboxylic acids is 2. The molecule has 2 bridgehead atoms. The fourth-order valence-corrected chi connectivity index (χ4v) is 3.37. The molecule has 0 aliphatic heterocycles. The van der Waals surface area contributed by atoms with E-state index in [1.54, 1.807) is 6.92 Å². The number of rotatable bonds is 2. The molecular weight excluding hydrogens is 184 g/mol. The van der Waals surface area contributed by atoms with E-state index in [0.717, 1.165) is 19.3 Å².